The fourth-order valence-corrected chi connectivity index (χ4v) is 20.5. The van der Waals surface area contributed by atoms with Crippen molar-refractivity contribution in [3.8, 4) is 61.6 Å². The SMILES string of the molecule is CC(C)(C)c1cccc(-c2cc(N3c4cc(-n5c6ccc(C(C)(C)C)cc6c6cc(C(C)(C)C)ccc65)ccc4B4c5ccc(-n6c7ccc(C(C)(C)C)cc7c7cc(C(C)(C)C)ccc76)cc5N(c5c(-c6ccccc6)cc(C(C)(C)C)cc5-c5ccccc5)c5cc(-c6cc(C(C)(C)C)cc(C(C)(C)C)c6)cc3c54)c3c4ccccc4n(-c4ccccc4)c3c2)c1. The fourth-order valence-electron chi connectivity index (χ4n) is 20.5. The Morgan fingerprint density at radius 3 is 0.969 bits per heavy atom. The lowest BCUT2D eigenvalue weighted by atomic mass is 9.33. The molecule has 0 aliphatic carbocycles. The highest BCUT2D eigenvalue weighted by Gasteiger charge is 2.47. The molecule has 638 valence electrons. The molecule has 0 bridgehead atoms. The Hall–Kier alpha value is -12.6. The lowest BCUT2D eigenvalue weighted by molar-refractivity contribution is 0.569. The van der Waals surface area contributed by atoms with E-state index in [2.05, 4.69) is 493 Å². The van der Waals surface area contributed by atoms with Gasteiger partial charge in [0.1, 0.15) is 0 Å². The third kappa shape index (κ3) is 14.1. The summed E-state index contributed by atoms with van der Waals surface area (Å²) < 4.78 is 7.73. The maximum Gasteiger partial charge on any atom is 0.252 e. The van der Waals surface area contributed by atoms with E-state index in [4.69, 9.17) is 0 Å². The Morgan fingerprint density at radius 1 is 0.195 bits per heavy atom. The summed E-state index contributed by atoms with van der Waals surface area (Å²) in [5.74, 6) is 0. The quantitative estimate of drug-likeness (QED) is 0.134. The van der Waals surface area contributed by atoms with Crippen LogP contribution in [-0.2, 0) is 43.3 Å². The minimum atomic E-state index is -0.327. The normalized spacial score (nSPS) is 13.6. The lowest BCUT2D eigenvalue weighted by Crippen LogP contribution is -2.61. The van der Waals surface area contributed by atoms with Crippen molar-refractivity contribution >= 4 is 123 Å². The van der Waals surface area contributed by atoms with E-state index in [1.54, 1.807) is 0 Å². The fraction of sp³-hybridized carbons (Fsp3) is 0.262. The summed E-state index contributed by atoms with van der Waals surface area (Å²) in [7, 11) is 0. The van der Waals surface area contributed by atoms with Crippen LogP contribution in [0.2, 0.25) is 0 Å². The van der Waals surface area contributed by atoms with E-state index in [0.717, 1.165) is 101 Å². The van der Waals surface area contributed by atoms with E-state index < -0.39 is 0 Å². The second-order valence-electron chi connectivity index (χ2n) is 45.2. The molecule has 0 saturated carbocycles. The summed E-state index contributed by atoms with van der Waals surface area (Å²) in [5, 5.41) is 7.37. The Labute approximate surface area is 759 Å². The van der Waals surface area contributed by atoms with Crippen LogP contribution in [0.4, 0.5) is 34.1 Å². The zero-order chi connectivity index (χ0) is 89.9. The Balaban J connectivity index is 1.01. The smallest absolute Gasteiger partial charge is 0.252 e. The van der Waals surface area contributed by atoms with Crippen LogP contribution in [0.15, 0.2) is 303 Å². The molecule has 2 aliphatic heterocycles. The highest BCUT2D eigenvalue weighted by atomic mass is 15.2. The molecule has 0 unspecified atom stereocenters. The number of para-hydroxylation sites is 2. The summed E-state index contributed by atoms with van der Waals surface area (Å²) in [6.45, 7) is 56.4. The Kier molecular flexibility index (Phi) is 19.2. The summed E-state index contributed by atoms with van der Waals surface area (Å²) in [4.78, 5) is 5.57. The van der Waals surface area contributed by atoms with Gasteiger partial charge in [0.25, 0.3) is 6.71 Å². The van der Waals surface area contributed by atoms with Gasteiger partial charge in [0.2, 0.25) is 0 Å². The molecule has 15 aromatic carbocycles. The van der Waals surface area contributed by atoms with Crippen LogP contribution >= 0.6 is 0 Å². The molecule has 0 saturated heterocycles. The van der Waals surface area contributed by atoms with E-state index >= 15 is 0 Å². The van der Waals surface area contributed by atoms with Crippen molar-refractivity contribution in [1.82, 2.24) is 13.7 Å². The van der Waals surface area contributed by atoms with Gasteiger partial charge in [-0.25, -0.2) is 0 Å². The van der Waals surface area contributed by atoms with Gasteiger partial charge in [-0.2, -0.15) is 0 Å². The van der Waals surface area contributed by atoms with Gasteiger partial charge in [-0.05, 0) is 265 Å². The molecule has 0 fully saturated rings. The maximum absolute atomic E-state index is 2.79. The molecule has 5 nitrogen and oxygen atoms in total. The third-order valence-corrected chi connectivity index (χ3v) is 28.0. The number of hydrogen-bond acceptors (Lipinski definition) is 2. The number of anilines is 6. The monoisotopic (exact) mass is 1670 g/mol. The molecule has 6 heteroatoms. The average molecular weight is 1670 g/mol. The van der Waals surface area contributed by atoms with Crippen LogP contribution in [0, 0.1) is 0 Å². The largest absolute Gasteiger partial charge is 0.311 e. The number of fused-ring (bicyclic) bond motifs is 13. The predicted molar refractivity (Wildman–Crippen MR) is 555 cm³/mol. The van der Waals surface area contributed by atoms with Crippen LogP contribution in [0.25, 0.3) is 127 Å². The molecule has 3 aromatic heterocycles. The number of nitrogens with zero attached hydrogens (tertiary/aromatic N) is 5. The van der Waals surface area contributed by atoms with Crippen molar-refractivity contribution in [1.29, 1.82) is 0 Å². The number of rotatable bonds is 9. The van der Waals surface area contributed by atoms with E-state index in [9.17, 15) is 0 Å². The topological polar surface area (TPSA) is 21.3 Å². The molecule has 0 spiro atoms. The van der Waals surface area contributed by atoms with Crippen molar-refractivity contribution < 1.29 is 0 Å². The first-order valence-electron chi connectivity index (χ1n) is 46.5. The number of aromatic nitrogens is 3. The molecule has 20 rings (SSSR count). The van der Waals surface area contributed by atoms with Crippen molar-refractivity contribution in [2.24, 2.45) is 0 Å². The van der Waals surface area contributed by atoms with Crippen molar-refractivity contribution in [2.75, 3.05) is 9.80 Å². The van der Waals surface area contributed by atoms with Gasteiger partial charge in [0, 0.05) is 83.3 Å². The highest BCUT2D eigenvalue weighted by Crippen LogP contribution is 2.56. The molecule has 18 aromatic rings. The van der Waals surface area contributed by atoms with E-state index in [1.165, 1.54) is 121 Å². The number of benzene rings is 15. The molecule has 0 radical (unpaired) electrons. The zero-order valence-electron chi connectivity index (χ0n) is 79.7. The third-order valence-electron chi connectivity index (χ3n) is 28.0. The van der Waals surface area contributed by atoms with Crippen molar-refractivity contribution in [3.05, 3.63) is 348 Å². The minimum Gasteiger partial charge on any atom is -0.311 e. The highest BCUT2D eigenvalue weighted by molar-refractivity contribution is 7.00. The van der Waals surface area contributed by atoms with Crippen molar-refractivity contribution in [3.63, 3.8) is 0 Å². The molecular weight excluding hydrogens is 1550 g/mol. The molecule has 5 heterocycles. The zero-order valence-corrected chi connectivity index (χ0v) is 79.7. The van der Waals surface area contributed by atoms with E-state index in [0.29, 0.717) is 0 Å². The molecule has 0 amide bonds. The maximum atomic E-state index is 2.79. The van der Waals surface area contributed by atoms with Gasteiger partial charge >= 0.3 is 0 Å². The van der Waals surface area contributed by atoms with Crippen molar-refractivity contribution in [2.45, 2.75) is 209 Å². The van der Waals surface area contributed by atoms with Gasteiger partial charge in [0.05, 0.1) is 44.5 Å². The first-order valence-corrected chi connectivity index (χ1v) is 46.5. The standard InChI is InChI=1S/C122H122BN5/c1-115(2,3)81-42-36-41-77(59-81)79-62-108-112(92-45-34-35-46-101(92)124(108)89-43-32-27-33-44-89)109(63-79)127-106-73-90(125-102-55-47-82(116(4,5)6)67-95(102)96-68-83(117(7,8)9)48-56-103(96)125)51-53-99(106)123-100-54-52-91(126-104-57-49-84(118(10,11)12)69-97(104)98-70-85(119(13,14)15)50-58-105(98)126)74-107(100)128(111-65-80(64-110(127)113(111)123)78-60-86(120(16,17)18)66-87(61-78)121(19,20)21)114-93(75-37-28-25-29-38-75)71-88(122(22,23)24)72-94(114)76-39-30-26-31-40-76/h25-74H,1-24H3. The molecule has 0 N–H and O–H groups in total. The second kappa shape index (κ2) is 29.5. The van der Waals surface area contributed by atoms with E-state index in [-0.39, 0.29) is 50.0 Å². The molecular formula is C122H122BN5. The summed E-state index contributed by atoms with van der Waals surface area (Å²) in [6.07, 6.45) is 0. The first kappa shape index (κ1) is 83.6. The summed E-state index contributed by atoms with van der Waals surface area (Å²) in [6, 6.07) is 120. The molecule has 128 heavy (non-hydrogen) atoms. The number of hydrogen-bond donors (Lipinski definition) is 0. The van der Waals surface area contributed by atoms with Crippen LogP contribution < -0.4 is 26.2 Å². The second-order valence-corrected chi connectivity index (χ2v) is 45.2. The average Bonchev–Trinajstić information content (AvgIpc) is 0.851. The van der Waals surface area contributed by atoms with Crippen LogP contribution in [0.1, 0.15) is 211 Å². The van der Waals surface area contributed by atoms with Crippen LogP contribution in [-0.4, -0.2) is 20.4 Å². The van der Waals surface area contributed by atoms with E-state index in [1.807, 2.05) is 0 Å². The van der Waals surface area contributed by atoms with Crippen LogP contribution in [0.5, 0.6) is 0 Å². The van der Waals surface area contributed by atoms with Gasteiger partial charge in [-0.15, -0.1) is 0 Å². The summed E-state index contributed by atoms with van der Waals surface area (Å²) in [5.41, 5.74) is 39.1. The summed E-state index contributed by atoms with van der Waals surface area (Å²) >= 11 is 0. The first-order chi connectivity index (χ1) is 60.5. The minimum absolute atomic E-state index is 0.0875. The van der Waals surface area contributed by atoms with Gasteiger partial charge in [0.15, 0.2) is 0 Å². The van der Waals surface area contributed by atoms with Gasteiger partial charge < -0.3 is 23.5 Å². The lowest BCUT2D eigenvalue weighted by Gasteiger charge is -2.46. The van der Waals surface area contributed by atoms with Crippen LogP contribution in [0.3, 0.4) is 0 Å². The van der Waals surface area contributed by atoms with Gasteiger partial charge in [-0.3, -0.25) is 0 Å². The molecule has 0 atom stereocenters. The molecule has 2 aliphatic rings. The Morgan fingerprint density at radius 2 is 0.531 bits per heavy atom. The van der Waals surface area contributed by atoms with Gasteiger partial charge in [-0.1, -0.05) is 342 Å². The Bertz CT molecular complexity index is 7310. The predicted octanol–water partition coefficient (Wildman–Crippen LogP) is 32.1.